The number of anilines is 5. The lowest BCUT2D eigenvalue weighted by molar-refractivity contribution is -0.132. The molecule has 7 aliphatic rings. The number of fused-ring (bicyclic) bond motifs is 6. The highest BCUT2D eigenvalue weighted by Gasteiger charge is 2.35. The van der Waals surface area contributed by atoms with E-state index in [0.29, 0.717) is 166 Å². The van der Waals surface area contributed by atoms with Crippen LogP contribution in [0.3, 0.4) is 0 Å². The van der Waals surface area contributed by atoms with E-state index in [1.54, 1.807) is 84.0 Å². The van der Waals surface area contributed by atoms with Crippen LogP contribution in [0.4, 0.5) is 39.8 Å². The quantitative estimate of drug-likeness (QED) is 0.0123. The molecule has 18 rings (SSSR count). The molecule has 3 saturated heterocycles. The number of nitrogens with one attached hydrogen (secondary N) is 3. The van der Waals surface area contributed by atoms with Gasteiger partial charge in [0, 0.05) is 125 Å². The van der Waals surface area contributed by atoms with Gasteiger partial charge in [-0.1, -0.05) is 109 Å². The Morgan fingerprint density at radius 1 is 0.403 bits per heavy atom. The molecule has 28 nitrogen and oxygen atoms in total. The van der Waals surface area contributed by atoms with E-state index < -0.39 is 17.9 Å². The molecule has 9 heterocycles. The molecule has 2 aromatic heterocycles. The van der Waals surface area contributed by atoms with Crippen molar-refractivity contribution in [2.45, 2.75) is 57.8 Å². The van der Waals surface area contributed by atoms with Crippen molar-refractivity contribution in [3.05, 3.63) is 267 Å². The Morgan fingerprint density at radius 2 is 0.774 bits per heavy atom. The minimum Gasteiger partial charge on any atom is -0.495 e. The van der Waals surface area contributed by atoms with Gasteiger partial charge < -0.3 is 79.6 Å². The summed E-state index contributed by atoms with van der Waals surface area (Å²) in [5.41, 5.74) is 22.1. The second kappa shape index (κ2) is 38.6. The number of nitrogens with two attached hydrogens (primary N) is 1. The molecule has 30 heteroatoms. The highest BCUT2D eigenvalue weighted by Crippen LogP contribution is 2.41. The summed E-state index contributed by atoms with van der Waals surface area (Å²) in [4.78, 5) is 148. The van der Waals surface area contributed by atoms with Crippen LogP contribution in [0.5, 0.6) is 11.8 Å². The summed E-state index contributed by atoms with van der Waals surface area (Å²) in [7, 11) is 5.50. The number of halogens is 2. The van der Waals surface area contributed by atoms with Crippen molar-refractivity contribution in [3.8, 4) is 11.8 Å². The molecule has 0 unspecified atom stereocenters. The maximum Gasteiger partial charge on any atom is 0.337 e. The average Bonchev–Trinajstić information content (AvgIpc) is 1.61. The first-order valence-corrected chi connectivity index (χ1v) is 40.1. The fourth-order valence-corrected chi connectivity index (χ4v) is 16.4. The van der Waals surface area contributed by atoms with Crippen molar-refractivity contribution in [3.63, 3.8) is 0 Å². The maximum atomic E-state index is 13.0. The van der Waals surface area contributed by atoms with Crippen LogP contribution in [0.2, 0.25) is 0 Å². The highest BCUT2D eigenvalue weighted by molar-refractivity contribution is 6.36. The van der Waals surface area contributed by atoms with Crippen molar-refractivity contribution in [1.29, 1.82) is 0 Å². The van der Waals surface area contributed by atoms with E-state index in [-0.39, 0.29) is 97.6 Å². The maximum absolute atomic E-state index is 13.0. The number of amides is 7. The third-order valence-electron chi connectivity index (χ3n) is 22.4. The van der Waals surface area contributed by atoms with E-state index in [1.165, 1.54) is 28.4 Å². The smallest absolute Gasteiger partial charge is 0.337 e. The van der Waals surface area contributed by atoms with Crippen LogP contribution in [0.1, 0.15) is 120 Å². The van der Waals surface area contributed by atoms with Crippen LogP contribution in [-0.2, 0) is 71.8 Å². The Labute approximate surface area is 725 Å². The van der Waals surface area contributed by atoms with Crippen LogP contribution < -0.4 is 25.8 Å². The first-order chi connectivity index (χ1) is 59.1. The largest absolute Gasteiger partial charge is 0.495 e. The van der Waals surface area contributed by atoms with Crippen molar-refractivity contribution >= 4 is 168 Å². The number of carbonyl (C=O) groups excluding carboxylic acids is 10. The lowest BCUT2D eigenvalue weighted by Crippen LogP contribution is -2.40. The summed E-state index contributed by atoms with van der Waals surface area (Å²) >= 11 is 0. The zero-order valence-corrected chi connectivity index (χ0v) is 70.0. The Balaban J connectivity index is 0.000000148. The van der Waals surface area contributed by atoms with E-state index in [0.717, 1.165) is 81.8 Å². The number of methoxy groups -OCH3 is 4. The van der Waals surface area contributed by atoms with Gasteiger partial charge in [0.1, 0.15) is 25.4 Å². The number of hydrogen-bond donors (Lipinski definition) is 6. The molecule has 7 amide bonds. The second-order valence-corrected chi connectivity index (χ2v) is 30.0. The monoisotopic (exact) mass is 1710 g/mol. The van der Waals surface area contributed by atoms with Gasteiger partial charge in [-0.2, -0.15) is 0 Å². The third-order valence-corrected chi connectivity index (χ3v) is 22.4. The SMILES string of the molecule is COC(=O)c1ccc2c(C(=Nc3ccc4c(c3)CCN4C(=O)CN3CCCC3=O)c3ccccc3)c(O)[nH]c2c1.COC(=O)c1ccc2c(C(=Nc3ccc4c(c3)CCN4C(=O)CN3CCCC3=O)c3ccccc3)c(O)[nH]c2c1.COC(=O)c1ccc2c(c1)NC(=O)/C2=C(\OC)c1ccccc1.Cl.Cl.Nc1ccc2c(c1)CCN2C(=O)CN1CCCC1=O. The highest BCUT2D eigenvalue weighted by atomic mass is 35.5. The number of aromatic amines is 2. The number of hydrogen-bond acceptors (Lipinski definition) is 19. The molecule has 0 saturated carbocycles. The molecule has 11 aromatic rings. The van der Waals surface area contributed by atoms with Gasteiger partial charge in [0.15, 0.2) is 11.8 Å². The van der Waals surface area contributed by atoms with Gasteiger partial charge in [0.05, 0.1) is 90.3 Å². The summed E-state index contributed by atoms with van der Waals surface area (Å²) < 4.78 is 19.8. The number of carbonyl (C=O) groups is 10. The van der Waals surface area contributed by atoms with Gasteiger partial charge in [-0.15, -0.1) is 24.8 Å². The second-order valence-electron chi connectivity index (χ2n) is 30.0. The van der Waals surface area contributed by atoms with Gasteiger partial charge >= 0.3 is 17.9 Å². The number of ether oxygens (including phenoxy) is 4. The Morgan fingerprint density at radius 3 is 1.15 bits per heavy atom. The number of nitrogens with zero attached hydrogens (tertiary/aromatic N) is 8. The van der Waals surface area contributed by atoms with Gasteiger partial charge in [-0.3, -0.25) is 33.6 Å². The van der Waals surface area contributed by atoms with Gasteiger partial charge in [-0.25, -0.2) is 24.4 Å². The number of H-pyrrole nitrogens is 2. The van der Waals surface area contributed by atoms with E-state index in [1.807, 2.05) is 146 Å². The first kappa shape index (κ1) is 87.4. The van der Waals surface area contributed by atoms with Crippen molar-refractivity contribution in [2.24, 2.45) is 9.98 Å². The Bertz CT molecular complexity index is 5860. The summed E-state index contributed by atoms with van der Waals surface area (Å²) in [6, 6.07) is 60.7. The minimum absolute atomic E-state index is 0. The molecular formula is C94H90Cl2N12O16. The lowest BCUT2D eigenvalue weighted by Gasteiger charge is -2.21. The molecule has 7 aliphatic heterocycles. The molecule has 0 bridgehead atoms. The normalized spacial score (nSPS) is 15.3. The molecule has 3 fully saturated rings. The molecule has 124 heavy (non-hydrogen) atoms. The summed E-state index contributed by atoms with van der Waals surface area (Å²) in [5, 5.41) is 26.2. The molecule has 0 radical (unpaired) electrons. The Kier molecular flexibility index (Phi) is 27.2. The topological polar surface area (TPSA) is 362 Å². The summed E-state index contributed by atoms with van der Waals surface area (Å²) in [5.74, 6) is -1.27. The first-order valence-electron chi connectivity index (χ1n) is 40.1. The Hall–Kier alpha value is -14.4. The van der Waals surface area contributed by atoms with Gasteiger partial charge in [0.25, 0.3) is 5.91 Å². The number of rotatable bonds is 17. The van der Waals surface area contributed by atoms with E-state index in [4.69, 9.17) is 34.7 Å². The van der Waals surface area contributed by atoms with Crippen molar-refractivity contribution in [2.75, 3.05) is 113 Å². The van der Waals surface area contributed by atoms with Crippen LogP contribution in [0.15, 0.2) is 210 Å². The predicted molar refractivity (Wildman–Crippen MR) is 477 cm³/mol. The molecule has 0 spiro atoms. The van der Waals surface area contributed by atoms with Crippen LogP contribution in [0.25, 0.3) is 33.1 Å². The van der Waals surface area contributed by atoms with Crippen molar-refractivity contribution < 1.29 is 77.1 Å². The fraction of sp³-hybridized carbons (Fsp3) is 0.234. The van der Waals surface area contributed by atoms with Crippen LogP contribution in [-0.4, -0.2) is 193 Å². The van der Waals surface area contributed by atoms with Gasteiger partial charge in [-0.05, 0) is 146 Å². The minimum atomic E-state index is -0.466. The molecular weight excluding hydrogens is 1620 g/mol. The summed E-state index contributed by atoms with van der Waals surface area (Å²) in [6.07, 6.45) is 6.25. The number of aromatic hydroxyl groups is 2. The number of aromatic nitrogens is 2. The predicted octanol–water partition coefficient (Wildman–Crippen LogP) is 13.2. The van der Waals surface area contributed by atoms with Crippen LogP contribution in [0, 0.1) is 0 Å². The number of nitrogen functional groups attached to an aromatic ring is 1. The molecule has 636 valence electrons. The van der Waals surface area contributed by atoms with Crippen LogP contribution >= 0.6 is 24.8 Å². The number of benzene rings is 9. The lowest BCUT2D eigenvalue weighted by atomic mass is 10.00. The number of likely N-dealkylation sites (tertiary alicyclic amines) is 3. The molecule has 0 atom stereocenters. The molecule has 0 aliphatic carbocycles. The zero-order valence-electron chi connectivity index (χ0n) is 68.4. The van der Waals surface area contributed by atoms with E-state index >= 15 is 0 Å². The molecule has 7 N–H and O–H groups in total. The van der Waals surface area contributed by atoms with Crippen molar-refractivity contribution in [1.82, 2.24) is 24.7 Å². The zero-order chi connectivity index (χ0) is 85.4. The fourth-order valence-electron chi connectivity index (χ4n) is 16.4. The molecule has 9 aromatic carbocycles. The third kappa shape index (κ3) is 18.6. The summed E-state index contributed by atoms with van der Waals surface area (Å²) in [6.45, 7) is 4.16. The standard InChI is InChI=1S/2C31H28N4O5.C18H15NO4.C14H17N3O2.2ClH/c2*1-40-31(39)21-9-11-23-24(17-21)33-30(38)28(23)29(19-6-3-2-4-7-19)32-22-10-12-25-20(16-22)13-15-35(25)27(37)18-34-14-5-8-26(34)36;1-22-16(11-6-4-3-5-7-11)15-13-9-8-12(18(21)23-2)10-14(13)19-17(15)20;15-11-3-4-12-10(8-11)5-7-17(12)14(19)9-16-6-1-2-13(16)18;;/h2*2-4,6-7,9-12,16-17,33,38H,5,8,13-15,18H2,1H3;3-10H,1-2H3,(H,19,20);3-4,8H,1-2,5-7,9,15H2;2*1H/b;;16-15-;;;. The number of aliphatic imine (C=N–C) groups is 2. The average molecular weight is 1710 g/mol. The van der Waals surface area contributed by atoms with Gasteiger partial charge in [0.2, 0.25) is 35.4 Å². The van der Waals surface area contributed by atoms with E-state index in [9.17, 15) is 58.2 Å². The van der Waals surface area contributed by atoms with E-state index in [2.05, 4.69) is 15.3 Å². The number of esters is 3.